The van der Waals surface area contributed by atoms with Crippen LogP contribution in [0.15, 0.2) is 24.3 Å². The lowest BCUT2D eigenvalue weighted by atomic mass is 10.1. The molecule has 0 radical (unpaired) electrons. The maximum Gasteiger partial charge on any atom is 0.315 e. The van der Waals surface area contributed by atoms with Crippen LogP contribution in [0.2, 0.25) is 0 Å². The van der Waals surface area contributed by atoms with Crippen LogP contribution in [-0.4, -0.2) is 36.7 Å². The van der Waals surface area contributed by atoms with Gasteiger partial charge >= 0.3 is 6.03 Å². The van der Waals surface area contributed by atoms with E-state index in [1.165, 1.54) is 5.56 Å². The van der Waals surface area contributed by atoms with Crippen molar-refractivity contribution in [2.24, 2.45) is 0 Å². The monoisotopic (exact) mass is 319 g/mol. The van der Waals surface area contributed by atoms with Crippen molar-refractivity contribution in [3.8, 4) is 5.75 Å². The Labute approximate surface area is 137 Å². The SMILES string of the molecule is CC(C)Oc1ccc(CC[C@@H](C)NC(=O)[C@@H]2CNC(=O)N2)cc1. The van der Waals surface area contributed by atoms with Crippen LogP contribution in [0.1, 0.15) is 32.8 Å². The van der Waals surface area contributed by atoms with E-state index in [1.807, 2.05) is 45.0 Å². The first-order chi connectivity index (χ1) is 10.9. The second-order valence-corrected chi connectivity index (χ2v) is 6.17. The van der Waals surface area contributed by atoms with Crippen LogP contribution < -0.4 is 20.7 Å². The minimum Gasteiger partial charge on any atom is -0.491 e. The summed E-state index contributed by atoms with van der Waals surface area (Å²) in [7, 11) is 0. The maximum atomic E-state index is 12.0. The summed E-state index contributed by atoms with van der Waals surface area (Å²) < 4.78 is 5.62. The quantitative estimate of drug-likeness (QED) is 0.714. The van der Waals surface area contributed by atoms with Crippen molar-refractivity contribution in [2.45, 2.75) is 51.8 Å². The van der Waals surface area contributed by atoms with Crippen LogP contribution in [0.3, 0.4) is 0 Å². The predicted molar refractivity (Wildman–Crippen MR) is 88.5 cm³/mol. The molecule has 0 aromatic heterocycles. The largest absolute Gasteiger partial charge is 0.491 e. The number of rotatable bonds is 7. The van der Waals surface area contributed by atoms with Crippen LogP contribution >= 0.6 is 0 Å². The fourth-order valence-corrected chi connectivity index (χ4v) is 2.42. The molecule has 1 aromatic rings. The average molecular weight is 319 g/mol. The summed E-state index contributed by atoms with van der Waals surface area (Å²) in [6.07, 6.45) is 1.88. The molecule has 1 fully saturated rings. The van der Waals surface area contributed by atoms with Gasteiger partial charge in [-0.1, -0.05) is 12.1 Å². The number of urea groups is 1. The number of amides is 3. The molecule has 1 saturated heterocycles. The first-order valence-corrected chi connectivity index (χ1v) is 8.04. The number of hydrogen-bond acceptors (Lipinski definition) is 3. The highest BCUT2D eigenvalue weighted by Crippen LogP contribution is 2.15. The highest BCUT2D eigenvalue weighted by atomic mass is 16.5. The van der Waals surface area contributed by atoms with Gasteiger partial charge in [-0.25, -0.2) is 4.79 Å². The molecule has 1 aromatic carbocycles. The first-order valence-electron chi connectivity index (χ1n) is 8.04. The van der Waals surface area contributed by atoms with E-state index in [0.717, 1.165) is 18.6 Å². The third kappa shape index (κ3) is 5.47. The number of carbonyl (C=O) groups is 2. The molecule has 6 nitrogen and oxygen atoms in total. The Hall–Kier alpha value is -2.24. The fraction of sp³-hybridized carbons (Fsp3) is 0.529. The van der Waals surface area contributed by atoms with E-state index in [2.05, 4.69) is 16.0 Å². The van der Waals surface area contributed by atoms with Gasteiger partial charge in [-0.3, -0.25) is 4.79 Å². The van der Waals surface area contributed by atoms with E-state index in [-0.39, 0.29) is 24.1 Å². The third-order valence-corrected chi connectivity index (χ3v) is 3.64. The Morgan fingerprint density at radius 2 is 2.00 bits per heavy atom. The van der Waals surface area contributed by atoms with Crippen LogP contribution in [0, 0.1) is 0 Å². The lowest BCUT2D eigenvalue weighted by Crippen LogP contribution is -2.46. The van der Waals surface area contributed by atoms with Crippen molar-refractivity contribution >= 4 is 11.9 Å². The predicted octanol–water partition coefficient (Wildman–Crippen LogP) is 1.59. The molecule has 0 saturated carbocycles. The molecular weight excluding hydrogens is 294 g/mol. The van der Waals surface area contributed by atoms with Gasteiger partial charge in [0.2, 0.25) is 5.91 Å². The molecule has 0 bridgehead atoms. The van der Waals surface area contributed by atoms with Gasteiger partial charge in [0.15, 0.2) is 0 Å². The molecule has 23 heavy (non-hydrogen) atoms. The van der Waals surface area contributed by atoms with Crippen LogP contribution in [0.4, 0.5) is 4.79 Å². The Bertz CT molecular complexity index is 543. The van der Waals surface area contributed by atoms with Crippen LogP contribution in [0.25, 0.3) is 0 Å². The van der Waals surface area contributed by atoms with Crippen LogP contribution in [0.5, 0.6) is 5.75 Å². The molecule has 1 heterocycles. The summed E-state index contributed by atoms with van der Waals surface area (Å²) in [5.41, 5.74) is 1.21. The second-order valence-electron chi connectivity index (χ2n) is 6.17. The molecule has 3 N–H and O–H groups in total. The molecule has 126 valence electrons. The Kier molecular flexibility index (Phi) is 5.84. The molecule has 2 atom stereocenters. The number of ether oxygens (including phenoxy) is 1. The van der Waals surface area contributed by atoms with Crippen molar-refractivity contribution in [1.82, 2.24) is 16.0 Å². The van der Waals surface area contributed by atoms with Gasteiger partial charge in [0.1, 0.15) is 11.8 Å². The van der Waals surface area contributed by atoms with Crippen molar-refractivity contribution in [3.63, 3.8) is 0 Å². The lowest BCUT2D eigenvalue weighted by molar-refractivity contribution is -0.123. The summed E-state index contributed by atoms with van der Waals surface area (Å²) in [5.74, 6) is 0.728. The van der Waals surface area contributed by atoms with E-state index >= 15 is 0 Å². The molecular formula is C17H25N3O3. The standard InChI is InChI=1S/C17H25N3O3/c1-11(2)23-14-8-6-13(7-9-14)5-4-12(3)19-16(21)15-10-18-17(22)20-15/h6-9,11-12,15H,4-5,10H2,1-3H3,(H,19,21)(H2,18,20,22)/t12-,15+/m1/s1. The van der Waals surface area contributed by atoms with Gasteiger partial charge in [0.05, 0.1) is 6.10 Å². The Morgan fingerprint density at radius 3 is 2.57 bits per heavy atom. The molecule has 3 amide bonds. The molecule has 6 heteroatoms. The zero-order valence-corrected chi connectivity index (χ0v) is 13.9. The van der Waals surface area contributed by atoms with Crippen molar-refractivity contribution in [3.05, 3.63) is 29.8 Å². The maximum absolute atomic E-state index is 12.0. The molecule has 2 rings (SSSR count). The third-order valence-electron chi connectivity index (χ3n) is 3.64. The van der Waals surface area contributed by atoms with Gasteiger partial charge in [0.25, 0.3) is 0 Å². The smallest absolute Gasteiger partial charge is 0.315 e. The van der Waals surface area contributed by atoms with Crippen molar-refractivity contribution in [1.29, 1.82) is 0 Å². The molecule has 1 aliphatic heterocycles. The zero-order valence-electron chi connectivity index (χ0n) is 13.9. The minimum atomic E-state index is -0.475. The normalized spacial score (nSPS) is 18.3. The summed E-state index contributed by atoms with van der Waals surface area (Å²) in [4.78, 5) is 23.0. The van der Waals surface area contributed by atoms with Gasteiger partial charge in [-0.15, -0.1) is 0 Å². The Morgan fingerprint density at radius 1 is 1.30 bits per heavy atom. The van der Waals surface area contributed by atoms with Crippen molar-refractivity contribution < 1.29 is 14.3 Å². The topological polar surface area (TPSA) is 79.5 Å². The van der Waals surface area contributed by atoms with Gasteiger partial charge < -0.3 is 20.7 Å². The summed E-state index contributed by atoms with van der Waals surface area (Å²) in [6.45, 7) is 6.31. The van der Waals surface area contributed by atoms with Gasteiger partial charge in [0, 0.05) is 12.6 Å². The molecule has 1 aliphatic rings. The number of nitrogens with one attached hydrogen (secondary N) is 3. The van der Waals surface area contributed by atoms with E-state index in [4.69, 9.17) is 4.74 Å². The number of aryl methyl sites for hydroxylation is 1. The highest BCUT2D eigenvalue weighted by molar-refractivity contribution is 5.90. The number of benzene rings is 1. The average Bonchev–Trinajstić information content (AvgIpc) is 2.93. The second kappa shape index (κ2) is 7.85. The summed E-state index contributed by atoms with van der Waals surface area (Å²) >= 11 is 0. The zero-order chi connectivity index (χ0) is 16.8. The Balaban J connectivity index is 1.74. The first kappa shape index (κ1) is 17.1. The van der Waals surface area contributed by atoms with E-state index in [0.29, 0.717) is 6.54 Å². The summed E-state index contributed by atoms with van der Waals surface area (Å²) in [5, 5.41) is 8.09. The fourth-order valence-electron chi connectivity index (χ4n) is 2.42. The van der Waals surface area contributed by atoms with E-state index in [9.17, 15) is 9.59 Å². The molecule has 0 spiro atoms. The number of hydrogen-bond donors (Lipinski definition) is 3. The van der Waals surface area contributed by atoms with E-state index < -0.39 is 6.04 Å². The van der Waals surface area contributed by atoms with Gasteiger partial charge in [-0.2, -0.15) is 0 Å². The molecule has 0 unspecified atom stereocenters. The number of carbonyl (C=O) groups excluding carboxylic acids is 2. The summed E-state index contributed by atoms with van der Waals surface area (Å²) in [6, 6.07) is 7.32. The van der Waals surface area contributed by atoms with Crippen LogP contribution in [-0.2, 0) is 11.2 Å². The lowest BCUT2D eigenvalue weighted by Gasteiger charge is -2.16. The van der Waals surface area contributed by atoms with E-state index in [1.54, 1.807) is 0 Å². The highest BCUT2D eigenvalue weighted by Gasteiger charge is 2.27. The minimum absolute atomic E-state index is 0.0478. The molecule has 0 aliphatic carbocycles. The van der Waals surface area contributed by atoms with Crippen molar-refractivity contribution in [2.75, 3.05) is 6.54 Å². The van der Waals surface area contributed by atoms with Gasteiger partial charge in [-0.05, 0) is 51.3 Å².